The molecule has 0 saturated carbocycles. The molecule has 0 atom stereocenters. The van der Waals surface area contributed by atoms with Gasteiger partial charge in [-0.15, -0.1) is 0 Å². The molecule has 2 aromatic carbocycles. The first-order valence-electron chi connectivity index (χ1n) is 10.1. The van der Waals surface area contributed by atoms with Gasteiger partial charge in [-0.25, -0.2) is 17.2 Å². The van der Waals surface area contributed by atoms with Gasteiger partial charge in [0, 0.05) is 26.2 Å². The van der Waals surface area contributed by atoms with Crippen LogP contribution in [-0.4, -0.2) is 56.3 Å². The SMILES string of the molecule is Cc1ccc(C(C)C)c(OCC(=O)N2CCN(S(=O)(=O)c3ccc(F)c(F)c3)CC2)c1. The molecule has 3 rings (SSSR count). The standard InChI is InChI=1S/C22H26F2N2O4S/c1-15(2)18-6-4-16(3)12-21(18)30-14-22(27)25-8-10-26(11-9-25)31(28,29)17-5-7-19(23)20(24)13-17/h4-7,12-13,15H,8-11,14H2,1-3H3. The highest BCUT2D eigenvalue weighted by atomic mass is 32.2. The highest BCUT2D eigenvalue weighted by molar-refractivity contribution is 7.89. The molecular formula is C22H26F2N2O4S. The zero-order valence-electron chi connectivity index (χ0n) is 17.8. The smallest absolute Gasteiger partial charge is 0.260 e. The first kappa shape index (κ1) is 23.1. The van der Waals surface area contributed by atoms with Gasteiger partial charge in [-0.1, -0.05) is 26.0 Å². The van der Waals surface area contributed by atoms with Crippen molar-refractivity contribution in [1.82, 2.24) is 9.21 Å². The number of halogens is 2. The normalized spacial score (nSPS) is 15.4. The maximum absolute atomic E-state index is 13.4. The number of hydrogen-bond acceptors (Lipinski definition) is 4. The maximum atomic E-state index is 13.4. The third-order valence-corrected chi connectivity index (χ3v) is 7.16. The molecule has 1 aliphatic heterocycles. The number of aryl methyl sites for hydroxylation is 1. The van der Waals surface area contributed by atoms with Crippen molar-refractivity contribution in [3.05, 3.63) is 59.2 Å². The number of benzene rings is 2. The van der Waals surface area contributed by atoms with Gasteiger partial charge in [0.1, 0.15) is 5.75 Å². The summed E-state index contributed by atoms with van der Waals surface area (Å²) in [4.78, 5) is 13.8. The first-order valence-corrected chi connectivity index (χ1v) is 11.5. The topological polar surface area (TPSA) is 66.9 Å². The van der Waals surface area contributed by atoms with Gasteiger partial charge in [-0.3, -0.25) is 4.79 Å². The van der Waals surface area contributed by atoms with Crippen molar-refractivity contribution in [3.8, 4) is 5.75 Å². The summed E-state index contributed by atoms with van der Waals surface area (Å²) < 4.78 is 58.9. The molecule has 6 nitrogen and oxygen atoms in total. The molecule has 0 unspecified atom stereocenters. The summed E-state index contributed by atoms with van der Waals surface area (Å²) in [5.41, 5.74) is 2.05. The molecule has 1 aliphatic rings. The van der Waals surface area contributed by atoms with Gasteiger partial charge in [0.25, 0.3) is 5.91 Å². The fraction of sp³-hybridized carbons (Fsp3) is 0.409. The monoisotopic (exact) mass is 452 g/mol. The van der Waals surface area contributed by atoms with E-state index in [1.807, 2.05) is 39.0 Å². The average molecular weight is 453 g/mol. The predicted molar refractivity (Wildman–Crippen MR) is 112 cm³/mol. The summed E-state index contributed by atoms with van der Waals surface area (Å²) >= 11 is 0. The number of rotatable bonds is 6. The summed E-state index contributed by atoms with van der Waals surface area (Å²) in [6, 6.07) is 8.38. The van der Waals surface area contributed by atoms with Gasteiger partial charge in [0.2, 0.25) is 10.0 Å². The minimum atomic E-state index is -3.97. The molecule has 1 amide bonds. The highest BCUT2D eigenvalue weighted by Gasteiger charge is 2.31. The van der Waals surface area contributed by atoms with E-state index in [2.05, 4.69) is 0 Å². The van der Waals surface area contributed by atoms with E-state index in [-0.39, 0.29) is 49.5 Å². The van der Waals surface area contributed by atoms with Crippen molar-refractivity contribution >= 4 is 15.9 Å². The third-order valence-electron chi connectivity index (χ3n) is 5.26. The number of hydrogen-bond donors (Lipinski definition) is 0. The maximum Gasteiger partial charge on any atom is 0.260 e. The molecule has 1 fully saturated rings. The minimum absolute atomic E-state index is 0.0642. The molecule has 2 aromatic rings. The largest absolute Gasteiger partial charge is 0.483 e. The third kappa shape index (κ3) is 5.22. The second kappa shape index (κ2) is 9.32. The van der Waals surface area contributed by atoms with E-state index in [0.29, 0.717) is 11.8 Å². The molecule has 0 spiro atoms. The molecular weight excluding hydrogens is 426 g/mol. The Hall–Kier alpha value is -2.52. The van der Waals surface area contributed by atoms with Crippen molar-refractivity contribution in [2.75, 3.05) is 32.8 Å². The molecule has 168 valence electrons. The highest BCUT2D eigenvalue weighted by Crippen LogP contribution is 2.27. The van der Waals surface area contributed by atoms with E-state index in [0.717, 1.165) is 23.3 Å². The van der Waals surface area contributed by atoms with Crippen LogP contribution in [0.5, 0.6) is 5.75 Å². The lowest BCUT2D eigenvalue weighted by atomic mass is 10.0. The van der Waals surface area contributed by atoms with Crippen LogP contribution in [0.15, 0.2) is 41.3 Å². The summed E-state index contributed by atoms with van der Waals surface area (Å²) in [7, 11) is -3.97. The number of ether oxygens (including phenoxy) is 1. The Balaban J connectivity index is 1.60. The van der Waals surface area contributed by atoms with Gasteiger partial charge in [-0.2, -0.15) is 4.31 Å². The Morgan fingerprint density at radius 2 is 1.71 bits per heavy atom. The van der Waals surface area contributed by atoms with Crippen LogP contribution in [-0.2, 0) is 14.8 Å². The fourth-order valence-corrected chi connectivity index (χ4v) is 4.87. The van der Waals surface area contributed by atoms with Crippen molar-refractivity contribution in [2.45, 2.75) is 31.6 Å². The van der Waals surface area contributed by atoms with E-state index < -0.39 is 21.7 Å². The zero-order chi connectivity index (χ0) is 22.8. The summed E-state index contributed by atoms with van der Waals surface area (Å²) in [6.07, 6.45) is 0. The number of piperazine rings is 1. The number of nitrogens with zero attached hydrogens (tertiary/aromatic N) is 2. The summed E-state index contributed by atoms with van der Waals surface area (Å²) in [5, 5.41) is 0. The lowest BCUT2D eigenvalue weighted by molar-refractivity contribution is -0.134. The van der Waals surface area contributed by atoms with Crippen LogP contribution in [0.4, 0.5) is 8.78 Å². The van der Waals surface area contributed by atoms with Gasteiger partial charge in [-0.05, 0) is 48.2 Å². The second-order valence-corrected chi connectivity index (χ2v) is 9.78. The molecule has 9 heteroatoms. The van der Waals surface area contributed by atoms with E-state index in [9.17, 15) is 22.0 Å². The van der Waals surface area contributed by atoms with Crippen LogP contribution in [0.25, 0.3) is 0 Å². The number of carbonyl (C=O) groups excluding carboxylic acids is 1. The molecule has 1 saturated heterocycles. The Kier molecular flexibility index (Phi) is 6.96. The minimum Gasteiger partial charge on any atom is -0.483 e. The van der Waals surface area contributed by atoms with Crippen LogP contribution in [0.3, 0.4) is 0 Å². The van der Waals surface area contributed by atoms with Crippen molar-refractivity contribution in [3.63, 3.8) is 0 Å². The Morgan fingerprint density at radius 1 is 1.03 bits per heavy atom. The molecule has 1 heterocycles. The predicted octanol–water partition coefficient (Wildman–Crippen LogP) is 3.31. The first-order chi connectivity index (χ1) is 14.6. The molecule has 0 aliphatic carbocycles. The van der Waals surface area contributed by atoms with Crippen molar-refractivity contribution in [1.29, 1.82) is 0 Å². The van der Waals surface area contributed by atoms with Gasteiger partial charge in [0.05, 0.1) is 4.90 Å². The molecule has 0 N–H and O–H groups in total. The van der Waals surface area contributed by atoms with Crippen molar-refractivity contribution < 1.29 is 26.7 Å². The molecule has 0 aromatic heterocycles. The van der Waals surface area contributed by atoms with Crippen LogP contribution in [0.1, 0.15) is 30.9 Å². The van der Waals surface area contributed by atoms with E-state index >= 15 is 0 Å². The van der Waals surface area contributed by atoms with Crippen LogP contribution in [0, 0.1) is 18.6 Å². The zero-order valence-corrected chi connectivity index (χ0v) is 18.6. The van der Waals surface area contributed by atoms with Gasteiger partial charge < -0.3 is 9.64 Å². The van der Waals surface area contributed by atoms with Crippen LogP contribution in [0.2, 0.25) is 0 Å². The molecule has 31 heavy (non-hydrogen) atoms. The van der Waals surface area contributed by atoms with Crippen molar-refractivity contribution in [2.24, 2.45) is 0 Å². The van der Waals surface area contributed by atoms with E-state index in [1.165, 1.54) is 4.31 Å². The lowest BCUT2D eigenvalue weighted by Gasteiger charge is -2.34. The van der Waals surface area contributed by atoms with Gasteiger partial charge >= 0.3 is 0 Å². The Bertz CT molecular complexity index is 1070. The number of sulfonamides is 1. The summed E-state index contributed by atoms with van der Waals surface area (Å²) in [6.45, 7) is 6.41. The van der Waals surface area contributed by atoms with Gasteiger partial charge in [0.15, 0.2) is 18.2 Å². The second-order valence-electron chi connectivity index (χ2n) is 7.85. The van der Waals surface area contributed by atoms with E-state index in [4.69, 9.17) is 4.74 Å². The molecule has 0 bridgehead atoms. The number of carbonyl (C=O) groups is 1. The molecule has 0 radical (unpaired) electrons. The Labute approximate surface area is 181 Å². The van der Waals surface area contributed by atoms with Crippen LogP contribution < -0.4 is 4.74 Å². The summed E-state index contributed by atoms with van der Waals surface area (Å²) in [5.74, 6) is -1.65. The van der Waals surface area contributed by atoms with E-state index in [1.54, 1.807) is 4.90 Å². The number of amides is 1. The van der Waals surface area contributed by atoms with Crippen LogP contribution >= 0.6 is 0 Å². The fourth-order valence-electron chi connectivity index (χ4n) is 3.44. The Morgan fingerprint density at radius 3 is 2.32 bits per heavy atom. The quantitative estimate of drug-likeness (QED) is 0.675. The average Bonchev–Trinajstić information content (AvgIpc) is 2.73. The lowest BCUT2D eigenvalue weighted by Crippen LogP contribution is -2.51.